The van der Waals surface area contributed by atoms with Crippen LogP contribution in [-0.4, -0.2) is 18.6 Å². The molecule has 1 N–H and O–H groups in total. The summed E-state index contributed by atoms with van der Waals surface area (Å²) in [5.74, 6) is 1.21. The molecule has 0 atom stereocenters. The van der Waals surface area contributed by atoms with Gasteiger partial charge in [-0.3, -0.25) is 10.1 Å². The zero-order valence-corrected chi connectivity index (χ0v) is 11.6. The molecule has 1 aromatic carbocycles. The third-order valence-corrected chi connectivity index (χ3v) is 4.15. The van der Waals surface area contributed by atoms with E-state index in [1.165, 1.54) is 18.9 Å². The number of ether oxygens (including phenoxy) is 1. The lowest BCUT2D eigenvalue weighted by atomic mass is 9.92. The Morgan fingerprint density at radius 1 is 1.47 bits per heavy atom. The van der Waals surface area contributed by atoms with Gasteiger partial charge in [-0.15, -0.1) is 0 Å². The first-order valence-electron chi connectivity index (χ1n) is 6.55. The van der Waals surface area contributed by atoms with E-state index < -0.39 is 0 Å². The van der Waals surface area contributed by atoms with Crippen molar-refractivity contribution >= 4 is 11.4 Å². The summed E-state index contributed by atoms with van der Waals surface area (Å²) >= 11 is 0. The maximum atomic E-state index is 11.0. The predicted octanol–water partition coefficient (Wildman–Crippen LogP) is 3.45. The number of hydrogen-bond donors (Lipinski definition) is 1. The van der Waals surface area contributed by atoms with Crippen molar-refractivity contribution in [3.63, 3.8) is 0 Å². The topological polar surface area (TPSA) is 64.4 Å². The zero-order valence-electron chi connectivity index (χ0n) is 11.6. The molecule has 0 saturated heterocycles. The normalized spacial score (nSPS) is 16.2. The second kappa shape index (κ2) is 5.07. The Kier molecular flexibility index (Phi) is 3.64. The van der Waals surface area contributed by atoms with E-state index in [4.69, 9.17) is 4.74 Å². The molecule has 1 aliphatic carbocycles. The highest BCUT2D eigenvalue weighted by Gasteiger charge is 2.45. The van der Waals surface area contributed by atoms with Gasteiger partial charge < -0.3 is 10.1 Å². The highest BCUT2D eigenvalue weighted by atomic mass is 16.6. The summed E-state index contributed by atoms with van der Waals surface area (Å²) in [5.41, 5.74) is 0.938. The Balaban J connectivity index is 2.16. The SMILES string of the molecule is COc1ccc([N+](=O)[O-])c(NCC2(C(C)C)CC2)c1. The van der Waals surface area contributed by atoms with Crippen LogP contribution in [0.2, 0.25) is 0 Å². The molecule has 19 heavy (non-hydrogen) atoms. The molecule has 1 fully saturated rings. The molecule has 104 valence electrons. The van der Waals surface area contributed by atoms with Crippen molar-refractivity contribution < 1.29 is 9.66 Å². The molecule has 0 radical (unpaired) electrons. The third kappa shape index (κ3) is 2.80. The van der Waals surface area contributed by atoms with Gasteiger partial charge in [-0.05, 0) is 30.2 Å². The molecule has 1 aliphatic rings. The van der Waals surface area contributed by atoms with Crippen molar-refractivity contribution in [2.75, 3.05) is 19.0 Å². The fraction of sp³-hybridized carbons (Fsp3) is 0.571. The Labute approximate surface area is 113 Å². The maximum absolute atomic E-state index is 11.0. The number of nitro groups is 1. The summed E-state index contributed by atoms with van der Waals surface area (Å²) in [6, 6.07) is 4.78. The minimum Gasteiger partial charge on any atom is -0.497 e. The standard InChI is InChI=1S/C14H20N2O3/c1-10(2)14(6-7-14)9-15-12-8-11(19-3)4-5-13(12)16(17)18/h4-5,8,10,15H,6-7,9H2,1-3H3. The third-order valence-electron chi connectivity index (χ3n) is 4.15. The van der Waals surface area contributed by atoms with Crippen LogP contribution in [0.25, 0.3) is 0 Å². The number of rotatable bonds is 6. The summed E-state index contributed by atoms with van der Waals surface area (Å²) in [6.45, 7) is 5.18. The van der Waals surface area contributed by atoms with Crippen LogP contribution in [0.4, 0.5) is 11.4 Å². The molecular formula is C14H20N2O3. The number of nitrogens with zero attached hydrogens (tertiary/aromatic N) is 1. The van der Waals surface area contributed by atoms with Crippen LogP contribution in [0.5, 0.6) is 5.75 Å². The Morgan fingerprint density at radius 3 is 2.63 bits per heavy atom. The first-order chi connectivity index (χ1) is 8.98. The minimum atomic E-state index is -0.364. The van der Waals surface area contributed by atoms with Gasteiger partial charge in [-0.2, -0.15) is 0 Å². The van der Waals surface area contributed by atoms with Crippen molar-refractivity contribution in [2.24, 2.45) is 11.3 Å². The summed E-state index contributed by atoms with van der Waals surface area (Å²) in [6.07, 6.45) is 2.38. The van der Waals surface area contributed by atoms with E-state index in [1.807, 2.05) is 0 Å². The summed E-state index contributed by atoms with van der Waals surface area (Å²) < 4.78 is 5.12. The molecule has 0 bridgehead atoms. The molecule has 0 amide bonds. The average Bonchev–Trinajstić information content (AvgIpc) is 3.17. The summed E-state index contributed by atoms with van der Waals surface area (Å²) in [7, 11) is 1.56. The van der Waals surface area contributed by atoms with E-state index in [2.05, 4.69) is 19.2 Å². The van der Waals surface area contributed by atoms with Gasteiger partial charge in [0.05, 0.1) is 12.0 Å². The highest BCUT2D eigenvalue weighted by Crippen LogP contribution is 2.52. The van der Waals surface area contributed by atoms with Crippen LogP contribution in [0.15, 0.2) is 18.2 Å². The fourth-order valence-electron chi connectivity index (χ4n) is 2.33. The largest absolute Gasteiger partial charge is 0.497 e. The van der Waals surface area contributed by atoms with Gasteiger partial charge in [0.1, 0.15) is 11.4 Å². The van der Waals surface area contributed by atoms with Gasteiger partial charge in [0.2, 0.25) is 0 Å². The molecule has 0 aliphatic heterocycles. The molecular weight excluding hydrogens is 244 g/mol. The summed E-state index contributed by atoms with van der Waals surface area (Å²) in [5, 5.41) is 14.3. The minimum absolute atomic E-state index is 0.0976. The Hall–Kier alpha value is -1.78. The lowest BCUT2D eigenvalue weighted by Crippen LogP contribution is -2.21. The van der Waals surface area contributed by atoms with E-state index in [1.54, 1.807) is 19.2 Å². The van der Waals surface area contributed by atoms with Crippen LogP contribution < -0.4 is 10.1 Å². The van der Waals surface area contributed by atoms with Gasteiger partial charge in [0.15, 0.2) is 0 Å². The van der Waals surface area contributed by atoms with Crippen LogP contribution in [0, 0.1) is 21.4 Å². The first-order valence-corrected chi connectivity index (χ1v) is 6.55. The van der Waals surface area contributed by atoms with E-state index in [0.29, 0.717) is 22.8 Å². The van der Waals surface area contributed by atoms with Crippen molar-refractivity contribution in [3.8, 4) is 5.75 Å². The average molecular weight is 264 g/mol. The van der Waals surface area contributed by atoms with Crippen molar-refractivity contribution in [1.82, 2.24) is 0 Å². The number of nitro benzene ring substituents is 1. The fourth-order valence-corrected chi connectivity index (χ4v) is 2.33. The lowest BCUT2D eigenvalue weighted by Gasteiger charge is -2.20. The second-order valence-corrected chi connectivity index (χ2v) is 5.51. The number of hydrogen-bond acceptors (Lipinski definition) is 4. The molecule has 5 nitrogen and oxygen atoms in total. The molecule has 0 unspecified atom stereocenters. The van der Waals surface area contributed by atoms with Crippen molar-refractivity contribution in [1.29, 1.82) is 0 Å². The Morgan fingerprint density at radius 2 is 2.16 bits per heavy atom. The molecule has 1 saturated carbocycles. The van der Waals surface area contributed by atoms with Crippen molar-refractivity contribution in [3.05, 3.63) is 28.3 Å². The van der Waals surface area contributed by atoms with Crippen LogP contribution >= 0.6 is 0 Å². The van der Waals surface area contributed by atoms with Gasteiger partial charge in [-0.1, -0.05) is 13.8 Å². The van der Waals surface area contributed by atoms with Crippen molar-refractivity contribution in [2.45, 2.75) is 26.7 Å². The van der Waals surface area contributed by atoms with Gasteiger partial charge in [0, 0.05) is 18.7 Å². The van der Waals surface area contributed by atoms with Crippen LogP contribution in [-0.2, 0) is 0 Å². The monoisotopic (exact) mass is 264 g/mol. The van der Waals surface area contributed by atoms with E-state index in [9.17, 15) is 10.1 Å². The number of benzene rings is 1. The number of anilines is 1. The highest BCUT2D eigenvalue weighted by molar-refractivity contribution is 5.64. The molecule has 5 heteroatoms. The van der Waals surface area contributed by atoms with Crippen LogP contribution in [0.3, 0.4) is 0 Å². The van der Waals surface area contributed by atoms with E-state index in [0.717, 1.165) is 6.54 Å². The smallest absolute Gasteiger partial charge is 0.292 e. The molecule has 0 spiro atoms. The predicted molar refractivity (Wildman–Crippen MR) is 74.6 cm³/mol. The quantitative estimate of drug-likeness (QED) is 0.631. The summed E-state index contributed by atoms with van der Waals surface area (Å²) in [4.78, 5) is 10.7. The Bertz CT molecular complexity index is 482. The molecule has 0 aromatic heterocycles. The van der Waals surface area contributed by atoms with Gasteiger partial charge in [-0.25, -0.2) is 0 Å². The van der Waals surface area contributed by atoms with Gasteiger partial charge >= 0.3 is 0 Å². The van der Waals surface area contributed by atoms with Crippen LogP contribution in [0.1, 0.15) is 26.7 Å². The van der Waals surface area contributed by atoms with E-state index >= 15 is 0 Å². The molecule has 2 rings (SSSR count). The maximum Gasteiger partial charge on any atom is 0.292 e. The molecule has 1 aromatic rings. The van der Waals surface area contributed by atoms with E-state index in [-0.39, 0.29) is 10.6 Å². The van der Waals surface area contributed by atoms with Gasteiger partial charge in [0.25, 0.3) is 5.69 Å². The molecule has 0 heterocycles. The lowest BCUT2D eigenvalue weighted by molar-refractivity contribution is -0.384. The number of methoxy groups -OCH3 is 1. The zero-order chi connectivity index (χ0) is 14.0. The number of nitrogens with one attached hydrogen (secondary N) is 1. The first kappa shape index (κ1) is 13.6. The second-order valence-electron chi connectivity index (χ2n) is 5.51.